The van der Waals surface area contributed by atoms with Gasteiger partial charge in [-0.15, -0.1) is 0 Å². The first-order chi connectivity index (χ1) is 5.77. The second kappa shape index (κ2) is 4.12. The Bertz CT molecular complexity index is 230. The van der Waals surface area contributed by atoms with Gasteiger partial charge in [0.1, 0.15) is 11.8 Å². The number of methoxy groups -OCH3 is 1. The number of hydrogen-bond donors (Lipinski definition) is 1. The Morgan fingerprint density at radius 2 is 1.92 bits per heavy atom. The molecule has 0 bridgehead atoms. The summed E-state index contributed by atoms with van der Waals surface area (Å²) in [6, 6.07) is 8.49. The number of quaternary nitrogens is 1. The van der Waals surface area contributed by atoms with E-state index in [1.807, 2.05) is 12.1 Å². The van der Waals surface area contributed by atoms with Crippen LogP contribution in [0.4, 0.5) is 0 Å². The number of hydrogen-bond acceptors (Lipinski definition) is 1. The summed E-state index contributed by atoms with van der Waals surface area (Å²) >= 11 is 0. The van der Waals surface area contributed by atoms with Crippen molar-refractivity contribution in [3.63, 3.8) is 0 Å². The second-order valence-electron chi connectivity index (χ2n) is 2.88. The van der Waals surface area contributed by atoms with E-state index in [4.69, 9.17) is 4.74 Å². The first kappa shape index (κ1) is 9.07. The van der Waals surface area contributed by atoms with Gasteiger partial charge in [-0.3, -0.25) is 0 Å². The monoisotopic (exact) mass is 166 g/mol. The van der Waals surface area contributed by atoms with Crippen molar-refractivity contribution in [3.05, 3.63) is 29.8 Å². The number of ether oxygens (including phenoxy) is 1. The van der Waals surface area contributed by atoms with Crippen molar-refractivity contribution >= 4 is 0 Å². The molecule has 66 valence electrons. The molecule has 1 atom stereocenters. The summed E-state index contributed by atoms with van der Waals surface area (Å²) in [4.78, 5) is 0. The molecule has 0 radical (unpaired) electrons. The summed E-state index contributed by atoms with van der Waals surface area (Å²) in [5, 5.41) is 0. The van der Waals surface area contributed by atoms with Gasteiger partial charge in [0.05, 0.1) is 7.11 Å². The molecule has 0 saturated carbocycles. The van der Waals surface area contributed by atoms with E-state index in [1.54, 1.807) is 7.11 Å². The lowest BCUT2D eigenvalue weighted by Gasteiger charge is -2.06. The molecule has 0 amide bonds. The molecule has 0 aliphatic rings. The van der Waals surface area contributed by atoms with Crippen LogP contribution in [0.2, 0.25) is 0 Å². The Morgan fingerprint density at radius 3 is 2.33 bits per heavy atom. The van der Waals surface area contributed by atoms with Gasteiger partial charge in [-0.25, -0.2) is 0 Å². The van der Waals surface area contributed by atoms with E-state index < -0.39 is 0 Å². The standard InChI is InChI=1S/C10H15NO/c1-3-10(11)8-4-6-9(12-2)7-5-8/h4-7,10H,3,11H2,1-2H3/p+1/t10-/m1/s1. The van der Waals surface area contributed by atoms with Gasteiger partial charge in [0.15, 0.2) is 0 Å². The third-order valence-electron chi connectivity index (χ3n) is 2.08. The van der Waals surface area contributed by atoms with Gasteiger partial charge < -0.3 is 10.5 Å². The zero-order valence-electron chi connectivity index (χ0n) is 7.71. The highest BCUT2D eigenvalue weighted by Crippen LogP contribution is 2.16. The van der Waals surface area contributed by atoms with Gasteiger partial charge in [-0.05, 0) is 24.3 Å². The van der Waals surface area contributed by atoms with Crippen molar-refractivity contribution in [3.8, 4) is 5.75 Å². The second-order valence-corrected chi connectivity index (χ2v) is 2.88. The lowest BCUT2D eigenvalue weighted by molar-refractivity contribution is -0.427. The fraction of sp³-hybridized carbons (Fsp3) is 0.400. The van der Waals surface area contributed by atoms with Crippen LogP contribution in [0.15, 0.2) is 24.3 Å². The van der Waals surface area contributed by atoms with E-state index in [9.17, 15) is 0 Å². The molecule has 0 unspecified atom stereocenters. The van der Waals surface area contributed by atoms with Crippen LogP contribution >= 0.6 is 0 Å². The molecule has 3 N–H and O–H groups in total. The quantitative estimate of drug-likeness (QED) is 0.723. The minimum atomic E-state index is 0.399. The van der Waals surface area contributed by atoms with E-state index in [0.717, 1.165) is 12.2 Å². The van der Waals surface area contributed by atoms with E-state index in [1.165, 1.54) is 5.56 Å². The van der Waals surface area contributed by atoms with Crippen LogP contribution in [0.25, 0.3) is 0 Å². The average molecular weight is 166 g/mol. The minimum absolute atomic E-state index is 0.399. The van der Waals surface area contributed by atoms with Gasteiger partial charge in [0.25, 0.3) is 0 Å². The normalized spacial score (nSPS) is 12.6. The van der Waals surface area contributed by atoms with Crippen LogP contribution in [0.5, 0.6) is 5.75 Å². The molecule has 0 heterocycles. The maximum atomic E-state index is 5.06. The Labute approximate surface area is 73.3 Å². The molecular formula is C10H16NO+. The van der Waals surface area contributed by atoms with E-state index >= 15 is 0 Å². The maximum absolute atomic E-state index is 5.06. The molecular weight excluding hydrogens is 150 g/mol. The molecule has 0 saturated heterocycles. The highest BCUT2D eigenvalue weighted by molar-refractivity contribution is 5.28. The van der Waals surface area contributed by atoms with Gasteiger partial charge in [-0.2, -0.15) is 0 Å². The lowest BCUT2D eigenvalue weighted by Crippen LogP contribution is -2.53. The fourth-order valence-electron chi connectivity index (χ4n) is 1.11. The summed E-state index contributed by atoms with van der Waals surface area (Å²) in [6.07, 6.45) is 1.08. The Kier molecular flexibility index (Phi) is 3.11. The van der Waals surface area contributed by atoms with E-state index in [-0.39, 0.29) is 0 Å². The zero-order chi connectivity index (χ0) is 8.97. The molecule has 0 aromatic heterocycles. The molecule has 2 nitrogen and oxygen atoms in total. The molecule has 1 aromatic rings. The predicted molar refractivity (Wildman–Crippen MR) is 48.9 cm³/mol. The van der Waals surface area contributed by atoms with Crippen molar-refractivity contribution < 1.29 is 10.5 Å². The first-order valence-corrected chi connectivity index (χ1v) is 4.25. The highest BCUT2D eigenvalue weighted by atomic mass is 16.5. The lowest BCUT2D eigenvalue weighted by atomic mass is 10.1. The van der Waals surface area contributed by atoms with Crippen molar-refractivity contribution in [1.82, 2.24) is 0 Å². The van der Waals surface area contributed by atoms with E-state index in [0.29, 0.717) is 6.04 Å². The molecule has 12 heavy (non-hydrogen) atoms. The Morgan fingerprint density at radius 1 is 1.33 bits per heavy atom. The van der Waals surface area contributed by atoms with Crippen molar-refractivity contribution in [1.29, 1.82) is 0 Å². The summed E-state index contributed by atoms with van der Waals surface area (Å²) in [5.74, 6) is 0.905. The fourth-order valence-corrected chi connectivity index (χ4v) is 1.11. The van der Waals surface area contributed by atoms with Gasteiger partial charge in [-0.1, -0.05) is 6.92 Å². The maximum Gasteiger partial charge on any atom is 0.118 e. The summed E-state index contributed by atoms with van der Waals surface area (Å²) in [6.45, 7) is 2.14. The summed E-state index contributed by atoms with van der Waals surface area (Å²) in [5.41, 5.74) is 5.32. The molecule has 0 aliphatic heterocycles. The molecule has 1 rings (SSSR count). The van der Waals surface area contributed by atoms with Crippen molar-refractivity contribution in [2.24, 2.45) is 0 Å². The van der Waals surface area contributed by atoms with Crippen LogP contribution in [0.1, 0.15) is 24.9 Å². The Balaban J connectivity index is 2.77. The van der Waals surface area contributed by atoms with Crippen LogP contribution in [0.3, 0.4) is 0 Å². The average Bonchev–Trinajstić information content (AvgIpc) is 2.17. The van der Waals surface area contributed by atoms with Crippen molar-refractivity contribution in [2.75, 3.05) is 7.11 Å². The van der Waals surface area contributed by atoms with Crippen LogP contribution in [-0.4, -0.2) is 7.11 Å². The van der Waals surface area contributed by atoms with Crippen LogP contribution < -0.4 is 10.5 Å². The van der Waals surface area contributed by atoms with Crippen LogP contribution in [0, 0.1) is 0 Å². The molecule has 0 fully saturated rings. The van der Waals surface area contributed by atoms with Gasteiger partial charge in [0, 0.05) is 12.0 Å². The third-order valence-corrected chi connectivity index (χ3v) is 2.08. The predicted octanol–water partition coefficient (Wildman–Crippen LogP) is 1.39. The van der Waals surface area contributed by atoms with Crippen molar-refractivity contribution in [2.45, 2.75) is 19.4 Å². The van der Waals surface area contributed by atoms with E-state index in [2.05, 4.69) is 24.8 Å². The van der Waals surface area contributed by atoms with Gasteiger partial charge >= 0.3 is 0 Å². The number of rotatable bonds is 3. The SMILES string of the molecule is CC[C@@H]([NH3+])c1ccc(OC)cc1. The summed E-state index contributed by atoms with van der Waals surface area (Å²) in [7, 11) is 1.68. The molecule has 1 aromatic carbocycles. The molecule has 0 aliphatic carbocycles. The first-order valence-electron chi connectivity index (χ1n) is 4.25. The van der Waals surface area contributed by atoms with Gasteiger partial charge in [0.2, 0.25) is 0 Å². The third kappa shape index (κ3) is 1.98. The summed E-state index contributed by atoms with van der Waals surface area (Å²) < 4.78 is 5.06. The largest absolute Gasteiger partial charge is 0.497 e. The topological polar surface area (TPSA) is 36.9 Å². The number of benzene rings is 1. The minimum Gasteiger partial charge on any atom is -0.497 e. The highest BCUT2D eigenvalue weighted by Gasteiger charge is 2.05. The molecule has 0 spiro atoms. The molecule has 2 heteroatoms. The Hall–Kier alpha value is -1.02. The zero-order valence-corrected chi connectivity index (χ0v) is 7.71. The van der Waals surface area contributed by atoms with Crippen LogP contribution in [-0.2, 0) is 0 Å². The smallest absolute Gasteiger partial charge is 0.118 e.